The van der Waals surface area contributed by atoms with Gasteiger partial charge in [-0.05, 0) is 24.8 Å². The summed E-state index contributed by atoms with van der Waals surface area (Å²) in [6, 6.07) is 2.11. The van der Waals surface area contributed by atoms with Crippen LogP contribution in [0.3, 0.4) is 0 Å². The van der Waals surface area contributed by atoms with Crippen molar-refractivity contribution in [2.75, 3.05) is 36.0 Å². The summed E-state index contributed by atoms with van der Waals surface area (Å²) in [4.78, 5) is 28.0. The Balaban J connectivity index is 1.42. The maximum Gasteiger partial charge on any atom is 0.451 e. The van der Waals surface area contributed by atoms with Crippen LogP contribution in [0.25, 0.3) is 10.2 Å². The summed E-state index contributed by atoms with van der Waals surface area (Å²) in [7, 11) is 0. The Morgan fingerprint density at radius 2 is 2.00 bits per heavy atom. The zero-order valence-electron chi connectivity index (χ0n) is 21.2. The van der Waals surface area contributed by atoms with E-state index in [9.17, 15) is 18.0 Å². The molecule has 0 radical (unpaired) electrons. The summed E-state index contributed by atoms with van der Waals surface area (Å²) in [6.07, 6.45) is -1.68. The minimum Gasteiger partial charge on any atom is -0.356 e. The van der Waals surface area contributed by atoms with Crippen LogP contribution < -0.4 is 15.1 Å². The summed E-state index contributed by atoms with van der Waals surface area (Å²) in [6.45, 7) is 8.70. The second-order valence-electron chi connectivity index (χ2n) is 10.0. The number of fused-ring (bicyclic) bond motifs is 2. The van der Waals surface area contributed by atoms with Gasteiger partial charge in [0, 0.05) is 43.5 Å². The first-order chi connectivity index (χ1) is 17.6. The molecule has 5 heterocycles. The Hall–Kier alpha value is -2.96. The van der Waals surface area contributed by atoms with Gasteiger partial charge in [0.15, 0.2) is 5.82 Å². The van der Waals surface area contributed by atoms with Gasteiger partial charge >= 0.3 is 6.18 Å². The number of aromatic nitrogens is 5. The standard InChI is InChI=1S/C24H31F3N8OS/c1-4-5-16-10-17-19(33-8-9-35-18(13-33)31-32-22(35)24(25,26)27)29-23(30-21(17)37-16)34-7-6-15(12-34)11-28-20(36)14(2)3/h10,14-15H,4-9,11-13H2,1-3H3,(H,28,36). The van der Waals surface area contributed by atoms with Gasteiger partial charge in [-0.25, -0.2) is 4.98 Å². The van der Waals surface area contributed by atoms with Gasteiger partial charge in [-0.2, -0.15) is 18.2 Å². The number of hydrogen-bond donors (Lipinski definition) is 1. The molecule has 1 amide bonds. The average Bonchev–Trinajstić information content (AvgIpc) is 3.58. The second-order valence-corrected chi connectivity index (χ2v) is 11.2. The molecule has 37 heavy (non-hydrogen) atoms. The predicted octanol–water partition coefficient (Wildman–Crippen LogP) is 3.87. The van der Waals surface area contributed by atoms with Crippen molar-refractivity contribution in [2.24, 2.45) is 11.8 Å². The molecule has 200 valence electrons. The number of thiophene rings is 1. The molecule has 1 N–H and O–H groups in total. The van der Waals surface area contributed by atoms with E-state index in [1.807, 2.05) is 18.7 Å². The van der Waals surface area contributed by atoms with Crippen molar-refractivity contribution in [1.82, 2.24) is 30.0 Å². The van der Waals surface area contributed by atoms with Gasteiger partial charge < -0.3 is 19.7 Å². The molecule has 3 aromatic heterocycles. The molecule has 1 saturated heterocycles. The lowest BCUT2D eigenvalue weighted by molar-refractivity contribution is -0.147. The molecule has 0 bridgehead atoms. The van der Waals surface area contributed by atoms with Gasteiger partial charge in [0.25, 0.3) is 0 Å². The molecule has 1 fully saturated rings. The topological polar surface area (TPSA) is 92.1 Å². The number of amides is 1. The molecular weight excluding hydrogens is 505 g/mol. The van der Waals surface area contributed by atoms with E-state index in [1.165, 1.54) is 4.88 Å². The van der Waals surface area contributed by atoms with Crippen molar-refractivity contribution in [3.63, 3.8) is 0 Å². The molecule has 0 aliphatic carbocycles. The normalized spacial score (nSPS) is 18.2. The van der Waals surface area contributed by atoms with Gasteiger partial charge in [-0.15, -0.1) is 21.5 Å². The molecule has 3 aromatic rings. The van der Waals surface area contributed by atoms with Gasteiger partial charge in [0.1, 0.15) is 10.6 Å². The zero-order chi connectivity index (χ0) is 26.3. The molecule has 0 saturated carbocycles. The Kier molecular flexibility index (Phi) is 6.99. The van der Waals surface area contributed by atoms with Crippen LogP contribution in [0.5, 0.6) is 0 Å². The SMILES string of the molecule is CCCc1cc2c(N3CCn4c(nnc4C(F)(F)F)C3)nc(N3CCC(CNC(=O)C(C)C)C3)nc2s1. The summed E-state index contributed by atoms with van der Waals surface area (Å²) in [5, 5.41) is 11.2. The highest BCUT2D eigenvalue weighted by Crippen LogP contribution is 2.36. The maximum absolute atomic E-state index is 13.3. The van der Waals surface area contributed by atoms with Crippen LogP contribution in [0, 0.1) is 11.8 Å². The van der Waals surface area contributed by atoms with Crippen molar-refractivity contribution in [3.05, 3.63) is 22.6 Å². The molecule has 0 spiro atoms. The minimum atomic E-state index is -4.54. The molecule has 2 aliphatic heterocycles. The second kappa shape index (κ2) is 10.1. The van der Waals surface area contributed by atoms with E-state index in [0.717, 1.165) is 53.0 Å². The van der Waals surface area contributed by atoms with Crippen LogP contribution in [0.2, 0.25) is 0 Å². The van der Waals surface area contributed by atoms with Crippen LogP contribution >= 0.6 is 11.3 Å². The number of aryl methyl sites for hydroxylation is 1. The molecule has 1 unspecified atom stereocenters. The Morgan fingerprint density at radius 1 is 1.19 bits per heavy atom. The number of halogens is 3. The quantitative estimate of drug-likeness (QED) is 0.490. The van der Waals surface area contributed by atoms with E-state index in [1.54, 1.807) is 11.3 Å². The molecule has 13 heteroatoms. The van der Waals surface area contributed by atoms with Crippen LogP contribution in [-0.2, 0) is 30.5 Å². The van der Waals surface area contributed by atoms with Crippen molar-refractivity contribution >= 4 is 39.2 Å². The third-order valence-corrected chi connectivity index (χ3v) is 7.96. The number of alkyl halides is 3. The van der Waals surface area contributed by atoms with Crippen LogP contribution in [-0.4, -0.2) is 56.8 Å². The largest absolute Gasteiger partial charge is 0.451 e. The highest BCUT2D eigenvalue weighted by Gasteiger charge is 2.40. The van der Waals surface area contributed by atoms with Crippen LogP contribution in [0.15, 0.2) is 6.07 Å². The predicted molar refractivity (Wildman–Crippen MR) is 136 cm³/mol. The number of anilines is 2. The summed E-state index contributed by atoms with van der Waals surface area (Å²) in [5.74, 6) is 0.962. The number of carbonyl (C=O) groups is 1. The maximum atomic E-state index is 13.3. The summed E-state index contributed by atoms with van der Waals surface area (Å²) >= 11 is 1.64. The van der Waals surface area contributed by atoms with E-state index in [2.05, 4.69) is 33.4 Å². The van der Waals surface area contributed by atoms with E-state index in [0.29, 0.717) is 25.0 Å². The first-order valence-corrected chi connectivity index (χ1v) is 13.5. The first kappa shape index (κ1) is 25.7. The van der Waals surface area contributed by atoms with Crippen LogP contribution in [0.1, 0.15) is 50.1 Å². The van der Waals surface area contributed by atoms with Gasteiger partial charge in [-0.3, -0.25) is 4.79 Å². The minimum absolute atomic E-state index is 0.0482. The summed E-state index contributed by atoms with van der Waals surface area (Å²) in [5.41, 5.74) is 0. The van der Waals surface area contributed by atoms with E-state index >= 15 is 0 Å². The van der Waals surface area contributed by atoms with Crippen LogP contribution in [0.4, 0.5) is 24.9 Å². The first-order valence-electron chi connectivity index (χ1n) is 12.7. The fraction of sp³-hybridized carbons (Fsp3) is 0.625. The number of hydrogen-bond acceptors (Lipinski definition) is 8. The van der Waals surface area contributed by atoms with Crippen molar-refractivity contribution in [2.45, 2.75) is 59.3 Å². The fourth-order valence-corrected chi connectivity index (χ4v) is 5.99. The van der Waals surface area contributed by atoms with Gasteiger partial charge in [0.2, 0.25) is 17.7 Å². The monoisotopic (exact) mass is 536 g/mol. The smallest absolute Gasteiger partial charge is 0.356 e. The van der Waals surface area contributed by atoms with Crippen molar-refractivity contribution in [3.8, 4) is 0 Å². The summed E-state index contributed by atoms with van der Waals surface area (Å²) < 4.78 is 41.1. The molecule has 1 atom stereocenters. The molecule has 0 aromatic carbocycles. The molecule has 2 aliphatic rings. The van der Waals surface area contributed by atoms with Crippen molar-refractivity contribution < 1.29 is 18.0 Å². The van der Waals surface area contributed by atoms with E-state index in [-0.39, 0.29) is 30.7 Å². The lowest BCUT2D eigenvalue weighted by Gasteiger charge is -2.30. The Labute approximate surface area is 217 Å². The van der Waals surface area contributed by atoms with Gasteiger partial charge in [-0.1, -0.05) is 27.2 Å². The number of carbonyl (C=O) groups excluding carboxylic acids is 1. The number of nitrogens with zero attached hydrogens (tertiary/aromatic N) is 7. The fourth-order valence-electron chi connectivity index (χ4n) is 4.88. The number of nitrogens with one attached hydrogen (secondary N) is 1. The van der Waals surface area contributed by atoms with E-state index in [4.69, 9.17) is 9.97 Å². The zero-order valence-corrected chi connectivity index (χ0v) is 22.0. The highest BCUT2D eigenvalue weighted by molar-refractivity contribution is 7.18. The number of rotatable bonds is 7. The van der Waals surface area contributed by atoms with E-state index < -0.39 is 12.0 Å². The Bertz CT molecular complexity index is 1290. The third kappa shape index (κ3) is 5.23. The third-order valence-electron chi connectivity index (χ3n) is 6.87. The molecule has 5 rings (SSSR count). The Morgan fingerprint density at radius 3 is 2.73 bits per heavy atom. The molecule has 9 nitrogen and oxygen atoms in total. The highest BCUT2D eigenvalue weighted by atomic mass is 32.1. The lowest BCUT2D eigenvalue weighted by Crippen LogP contribution is -2.36. The van der Waals surface area contributed by atoms with Crippen molar-refractivity contribution in [1.29, 1.82) is 0 Å². The van der Waals surface area contributed by atoms with Gasteiger partial charge in [0.05, 0.1) is 11.9 Å². The molecular formula is C24H31F3N8OS. The lowest BCUT2D eigenvalue weighted by atomic mass is 10.1. The average molecular weight is 537 g/mol.